The van der Waals surface area contributed by atoms with Gasteiger partial charge in [-0.2, -0.15) is 13.2 Å². The molecule has 2 aromatic rings. The summed E-state index contributed by atoms with van der Waals surface area (Å²) < 4.78 is 47.4. The Kier molecular flexibility index (Phi) is 10.8. The van der Waals surface area contributed by atoms with E-state index < -0.39 is 35.5 Å². The Balaban J connectivity index is 1.01. The van der Waals surface area contributed by atoms with E-state index in [2.05, 4.69) is 15.1 Å². The first-order valence-electron chi connectivity index (χ1n) is 18.5. The van der Waals surface area contributed by atoms with Crippen LogP contribution in [0.25, 0.3) is 0 Å². The second-order valence-electron chi connectivity index (χ2n) is 14.7. The minimum Gasteiger partial charge on any atom is -0.436 e. The van der Waals surface area contributed by atoms with E-state index in [4.69, 9.17) is 22.1 Å². The molecular formula is C37H47ClF3N7O4. The molecule has 52 heavy (non-hydrogen) atoms. The second-order valence-corrected chi connectivity index (χ2v) is 15.2. The second kappa shape index (κ2) is 15.3. The van der Waals surface area contributed by atoms with Gasteiger partial charge in [0.2, 0.25) is 0 Å². The number of nitrogen functional groups attached to an aromatic ring is 1. The molecule has 5 aliphatic heterocycles. The number of nitrogens with two attached hydrogens (primary N) is 1. The lowest BCUT2D eigenvalue weighted by Gasteiger charge is -2.44. The molecule has 5 heterocycles. The number of anilines is 2. The minimum atomic E-state index is -4.76. The lowest BCUT2D eigenvalue weighted by Crippen LogP contribution is -2.56. The fraction of sp³-hybridized carbons (Fsp3) is 0.595. The van der Waals surface area contributed by atoms with E-state index in [1.54, 1.807) is 4.90 Å². The smallest absolute Gasteiger partial charge is 0.418 e. The molecule has 5 aliphatic rings. The summed E-state index contributed by atoms with van der Waals surface area (Å²) in [6.45, 7) is 6.33. The molecule has 7 rings (SSSR count). The number of alkyl halides is 3. The number of urea groups is 1. The summed E-state index contributed by atoms with van der Waals surface area (Å²) in [5.74, 6) is -0.440. The summed E-state index contributed by atoms with van der Waals surface area (Å²) in [5, 5.41) is 2.71. The highest BCUT2D eigenvalue weighted by Crippen LogP contribution is 2.38. The largest absolute Gasteiger partial charge is 0.436 e. The average Bonchev–Trinajstić information content (AvgIpc) is 3.54. The van der Waals surface area contributed by atoms with Crippen LogP contribution in [-0.4, -0.2) is 126 Å². The Morgan fingerprint density at radius 3 is 2.33 bits per heavy atom. The van der Waals surface area contributed by atoms with Crippen LogP contribution in [-0.2, 0) is 28.5 Å². The molecule has 2 atom stereocenters. The van der Waals surface area contributed by atoms with Gasteiger partial charge in [0, 0.05) is 82.6 Å². The highest BCUT2D eigenvalue weighted by molar-refractivity contribution is 6.33. The average molecular weight is 746 g/mol. The maximum Gasteiger partial charge on any atom is 0.418 e. The summed E-state index contributed by atoms with van der Waals surface area (Å²) in [6, 6.07) is 10.5. The first-order chi connectivity index (χ1) is 24.9. The number of hydrogen-bond donors (Lipinski definition) is 2. The fourth-order valence-electron chi connectivity index (χ4n) is 8.72. The van der Waals surface area contributed by atoms with Crippen molar-refractivity contribution < 1.29 is 32.3 Å². The van der Waals surface area contributed by atoms with Gasteiger partial charge in [0.05, 0.1) is 16.3 Å². The van der Waals surface area contributed by atoms with Gasteiger partial charge in [-0.3, -0.25) is 14.6 Å². The minimum absolute atomic E-state index is 0.0913. The first kappa shape index (κ1) is 36.6. The first-order valence-corrected chi connectivity index (χ1v) is 18.9. The van der Waals surface area contributed by atoms with E-state index in [0.717, 1.165) is 56.3 Å². The van der Waals surface area contributed by atoms with Crippen LogP contribution >= 0.6 is 11.6 Å². The lowest BCUT2D eigenvalue weighted by atomic mass is 9.98. The number of rotatable bonds is 6. The van der Waals surface area contributed by atoms with Gasteiger partial charge in [-0.25, -0.2) is 9.59 Å². The van der Waals surface area contributed by atoms with Crippen molar-refractivity contribution in [2.75, 3.05) is 70.0 Å². The summed E-state index contributed by atoms with van der Waals surface area (Å²) in [6.07, 6.45) is -1.39. The van der Waals surface area contributed by atoms with E-state index >= 15 is 0 Å². The van der Waals surface area contributed by atoms with Crippen molar-refractivity contribution in [2.45, 2.75) is 81.8 Å². The monoisotopic (exact) mass is 745 g/mol. The molecule has 0 spiro atoms. The number of para-hydroxylation sites is 1. The van der Waals surface area contributed by atoms with E-state index in [1.165, 1.54) is 23.8 Å². The van der Waals surface area contributed by atoms with Crippen molar-refractivity contribution in [1.29, 1.82) is 0 Å². The number of piperazine rings is 1. The Labute approximate surface area is 307 Å². The SMILES string of the molecule is Nc1c(Cl)cc(CC(OC(=O)N2CCC(N3CCc4ccccc4NC3=O)CC2)C(=O)N2CCC(N3CCN4CCC[C@@H]4C3)CC2)cc1C(F)(F)F. The topological polar surface area (TPSA) is 115 Å². The van der Waals surface area contributed by atoms with Crippen molar-refractivity contribution >= 4 is 41.0 Å². The number of piperidine rings is 2. The van der Waals surface area contributed by atoms with E-state index in [9.17, 15) is 27.6 Å². The van der Waals surface area contributed by atoms with Crippen LogP contribution in [0.15, 0.2) is 36.4 Å². The van der Waals surface area contributed by atoms with Crippen molar-refractivity contribution in [3.8, 4) is 0 Å². The van der Waals surface area contributed by atoms with Gasteiger partial charge in [0.25, 0.3) is 5.91 Å². The number of carbonyl (C=O) groups excluding carboxylic acids is 3. The van der Waals surface area contributed by atoms with Crippen molar-refractivity contribution in [1.82, 2.24) is 24.5 Å². The van der Waals surface area contributed by atoms with Crippen molar-refractivity contribution in [2.24, 2.45) is 0 Å². The molecule has 0 aliphatic carbocycles. The van der Waals surface area contributed by atoms with E-state index in [-0.39, 0.29) is 29.1 Å². The van der Waals surface area contributed by atoms with Crippen LogP contribution in [0.1, 0.15) is 55.2 Å². The van der Waals surface area contributed by atoms with Gasteiger partial charge in [-0.05, 0) is 80.8 Å². The molecule has 0 aromatic heterocycles. The molecule has 4 saturated heterocycles. The zero-order valence-electron chi connectivity index (χ0n) is 29.3. The summed E-state index contributed by atoms with van der Waals surface area (Å²) >= 11 is 6.14. The van der Waals surface area contributed by atoms with Crippen LogP contribution in [0.4, 0.5) is 34.1 Å². The number of fused-ring (bicyclic) bond motifs is 2. The Bertz CT molecular complexity index is 1650. The van der Waals surface area contributed by atoms with E-state index in [1.807, 2.05) is 29.2 Å². The maximum absolute atomic E-state index is 14.1. The zero-order valence-corrected chi connectivity index (χ0v) is 30.0. The molecule has 0 saturated carbocycles. The lowest BCUT2D eigenvalue weighted by molar-refractivity contribution is -0.142. The van der Waals surface area contributed by atoms with Gasteiger partial charge in [0.15, 0.2) is 6.10 Å². The molecule has 3 N–H and O–H groups in total. The number of hydrogen-bond acceptors (Lipinski definition) is 7. The number of carbonyl (C=O) groups is 3. The van der Waals surface area contributed by atoms with Gasteiger partial charge < -0.3 is 30.5 Å². The van der Waals surface area contributed by atoms with Crippen molar-refractivity contribution in [3.05, 3.63) is 58.1 Å². The molecule has 2 aromatic carbocycles. The number of nitrogens with zero attached hydrogens (tertiary/aromatic N) is 5. The summed E-state index contributed by atoms with van der Waals surface area (Å²) in [5.41, 5.74) is 5.94. The van der Waals surface area contributed by atoms with Crippen LogP contribution in [0.5, 0.6) is 0 Å². The Morgan fingerprint density at radius 2 is 1.58 bits per heavy atom. The molecule has 1 unspecified atom stereocenters. The number of ether oxygens (including phenoxy) is 1. The zero-order chi connectivity index (χ0) is 36.6. The van der Waals surface area contributed by atoms with Crippen LogP contribution < -0.4 is 11.1 Å². The van der Waals surface area contributed by atoms with Crippen LogP contribution in [0.2, 0.25) is 5.02 Å². The van der Waals surface area contributed by atoms with E-state index in [0.29, 0.717) is 64.1 Å². The highest BCUT2D eigenvalue weighted by Gasteiger charge is 2.39. The molecule has 11 nitrogen and oxygen atoms in total. The number of halogens is 4. The maximum atomic E-state index is 14.1. The number of likely N-dealkylation sites (tertiary alicyclic amines) is 2. The van der Waals surface area contributed by atoms with Gasteiger partial charge >= 0.3 is 18.3 Å². The molecule has 282 valence electrons. The third-order valence-electron chi connectivity index (χ3n) is 11.7. The van der Waals surface area contributed by atoms with Gasteiger partial charge in [0.1, 0.15) is 0 Å². The molecule has 4 fully saturated rings. The number of amides is 4. The normalized spacial score (nSPS) is 23.1. The molecule has 15 heteroatoms. The fourth-order valence-corrected chi connectivity index (χ4v) is 8.96. The highest BCUT2D eigenvalue weighted by atomic mass is 35.5. The predicted molar refractivity (Wildman–Crippen MR) is 191 cm³/mol. The quantitative estimate of drug-likeness (QED) is 0.386. The molecule has 0 radical (unpaired) electrons. The standard InChI is InChI=1S/C37H47ClF3N7O4/c38-30-21-24(20-29(33(30)42)37(39,40)41)22-32(34(49)45-13-8-26(9-14-45)47-19-18-44-12-3-5-28(44)23-47)52-36(51)46-15-10-27(11-16-46)48-17-7-25-4-1-2-6-31(25)43-35(48)50/h1-2,4,6,20-21,26-28,32H,3,5,7-19,22-23,42H2,(H,43,50)/t28-,32?/m1/s1. The Hall–Kier alpha value is -3.75. The summed E-state index contributed by atoms with van der Waals surface area (Å²) in [7, 11) is 0. The predicted octanol–water partition coefficient (Wildman–Crippen LogP) is 5.31. The summed E-state index contributed by atoms with van der Waals surface area (Å²) in [4.78, 5) is 50.9. The number of benzene rings is 2. The van der Waals surface area contributed by atoms with Crippen LogP contribution in [0, 0.1) is 0 Å². The Morgan fingerprint density at radius 1 is 0.885 bits per heavy atom. The van der Waals surface area contributed by atoms with Crippen molar-refractivity contribution in [3.63, 3.8) is 0 Å². The molecule has 0 bridgehead atoms. The van der Waals surface area contributed by atoms with Crippen LogP contribution in [0.3, 0.4) is 0 Å². The third kappa shape index (κ3) is 7.93. The number of nitrogens with one attached hydrogen (secondary N) is 1. The molecule has 4 amide bonds. The van der Waals surface area contributed by atoms with Gasteiger partial charge in [-0.1, -0.05) is 29.8 Å². The third-order valence-corrected chi connectivity index (χ3v) is 12.0. The van der Waals surface area contributed by atoms with Gasteiger partial charge in [-0.15, -0.1) is 0 Å². The molecular weight excluding hydrogens is 699 g/mol.